The molecule has 0 atom stereocenters. The highest BCUT2D eigenvalue weighted by Gasteiger charge is 2.25. The first-order chi connectivity index (χ1) is 18.8. The minimum Gasteiger partial charge on any atom is -0.352 e. The highest BCUT2D eigenvalue weighted by molar-refractivity contribution is 5.68. The van der Waals surface area contributed by atoms with Crippen molar-refractivity contribution < 1.29 is 4.39 Å². The Hall–Kier alpha value is -4.47. The molecule has 1 heterocycles. The fraction of sp³-hybridized carbons (Fsp3) is 0.222. The molecular weight excluding hydrogens is 479 g/mol. The predicted octanol–water partition coefficient (Wildman–Crippen LogP) is 7.45. The first-order valence-corrected chi connectivity index (χ1v) is 13.4. The van der Waals surface area contributed by atoms with Gasteiger partial charge in [0, 0.05) is 46.7 Å². The first kappa shape index (κ1) is 26.1. The molecule has 0 saturated carbocycles. The van der Waals surface area contributed by atoms with Crippen molar-refractivity contribution in [3.63, 3.8) is 0 Å². The van der Waals surface area contributed by atoms with E-state index in [2.05, 4.69) is 117 Å². The monoisotopic (exact) mass is 512 g/mol. The van der Waals surface area contributed by atoms with E-state index in [1.54, 1.807) is 12.1 Å². The summed E-state index contributed by atoms with van der Waals surface area (Å²) >= 11 is 0. The molecule has 4 aromatic carbocycles. The molecule has 2 nitrogen and oxygen atoms in total. The molecule has 194 valence electrons. The standard InChI is InChI=1S/C36H33FN2/c1-25-6-8-30(9-7-25)10-12-32-20-26(2)35(27(3)21-32)38-18-19-39(24-38)36-28(4)22-33(23-29(36)5)13-11-31-14-16-34(37)17-15-31/h6-9,14-17,20-23H,18-19,24H2,1-5H3. The van der Waals surface area contributed by atoms with Gasteiger partial charge >= 0.3 is 0 Å². The molecule has 5 rings (SSSR count). The molecule has 0 bridgehead atoms. The quantitative estimate of drug-likeness (QED) is 0.257. The van der Waals surface area contributed by atoms with Crippen molar-refractivity contribution in [1.82, 2.24) is 0 Å². The molecule has 0 aliphatic carbocycles. The van der Waals surface area contributed by atoms with Gasteiger partial charge in [-0.25, -0.2) is 4.39 Å². The van der Waals surface area contributed by atoms with Crippen LogP contribution < -0.4 is 9.80 Å². The Balaban J connectivity index is 1.33. The van der Waals surface area contributed by atoms with Gasteiger partial charge in [-0.2, -0.15) is 0 Å². The number of rotatable bonds is 2. The maximum absolute atomic E-state index is 13.2. The van der Waals surface area contributed by atoms with Crippen molar-refractivity contribution >= 4 is 11.4 Å². The normalized spacial score (nSPS) is 12.6. The minimum atomic E-state index is -0.246. The zero-order valence-corrected chi connectivity index (χ0v) is 23.3. The third-order valence-corrected chi connectivity index (χ3v) is 7.19. The molecular formula is C36H33FN2. The molecule has 0 aromatic heterocycles. The Labute approximate surface area is 232 Å². The molecule has 0 radical (unpaired) electrons. The molecule has 1 aliphatic heterocycles. The van der Waals surface area contributed by atoms with Gasteiger partial charge in [-0.3, -0.25) is 0 Å². The molecule has 1 fully saturated rings. The fourth-order valence-corrected chi connectivity index (χ4v) is 5.47. The third kappa shape index (κ3) is 6.00. The van der Waals surface area contributed by atoms with Crippen LogP contribution in [0.2, 0.25) is 0 Å². The van der Waals surface area contributed by atoms with E-state index in [4.69, 9.17) is 0 Å². The van der Waals surface area contributed by atoms with Crippen LogP contribution in [0.15, 0.2) is 72.8 Å². The minimum absolute atomic E-state index is 0.246. The van der Waals surface area contributed by atoms with E-state index in [1.165, 1.54) is 51.3 Å². The van der Waals surface area contributed by atoms with Crippen LogP contribution >= 0.6 is 0 Å². The van der Waals surface area contributed by atoms with Crippen molar-refractivity contribution in [2.24, 2.45) is 0 Å². The SMILES string of the molecule is Cc1ccc(C#Cc2cc(C)c(N3CCN(c4c(C)cc(C#Cc5ccc(F)cc5)cc4C)C3)c(C)c2)cc1. The summed E-state index contributed by atoms with van der Waals surface area (Å²) in [6, 6.07) is 23.4. The molecule has 0 N–H and O–H groups in total. The van der Waals surface area contributed by atoms with Crippen molar-refractivity contribution in [3.05, 3.63) is 129 Å². The van der Waals surface area contributed by atoms with Gasteiger partial charge in [0.05, 0.1) is 6.67 Å². The maximum Gasteiger partial charge on any atom is 0.123 e. The summed E-state index contributed by atoms with van der Waals surface area (Å²) in [5.41, 5.74) is 12.6. The molecule has 3 heteroatoms. The van der Waals surface area contributed by atoms with Crippen LogP contribution in [0.4, 0.5) is 15.8 Å². The Bertz CT molecular complexity index is 1470. The number of anilines is 2. The van der Waals surface area contributed by atoms with Gasteiger partial charge in [0.1, 0.15) is 5.82 Å². The number of aryl methyl sites for hydroxylation is 5. The highest BCUT2D eigenvalue weighted by atomic mass is 19.1. The van der Waals surface area contributed by atoms with E-state index in [1.807, 2.05) is 0 Å². The van der Waals surface area contributed by atoms with Gasteiger partial charge in [-0.1, -0.05) is 41.4 Å². The zero-order valence-electron chi connectivity index (χ0n) is 23.3. The van der Waals surface area contributed by atoms with Gasteiger partial charge in [-0.15, -0.1) is 0 Å². The summed E-state index contributed by atoms with van der Waals surface area (Å²) in [5.74, 6) is 12.8. The molecule has 0 spiro atoms. The number of hydrogen-bond acceptors (Lipinski definition) is 2. The molecule has 39 heavy (non-hydrogen) atoms. The van der Waals surface area contributed by atoms with Gasteiger partial charge in [-0.05, 0) is 118 Å². The fourth-order valence-electron chi connectivity index (χ4n) is 5.47. The summed E-state index contributed by atoms with van der Waals surface area (Å²) < 4.78 is 13.2. The van der Waals surface area contributed by atoms with E-state index >= 15 is 0 Å². The molecule has 4 aromatic rings. The van der Waals surface area contributed by atoms with Crippen LogP contribution in [-0.4, -0.2) is 19.8 Å². The van der Waals surface area contributed by atoms with Crippen LogP contribution in [0.5, 0.6) is 0 Å². The lowest BCUT2D eigenvalue weighted by Crippen LogP contribution is -2.27. The second-order valence-electron chi connectivity index (χ2n) is 10.5. The number of nitrogens with zero attached hydrogens (tertiary/aromatic N) is 2. The van der Waals surface area contributed by atoms with Gasteiger partial charge in [0.25, 0.3) is 0 Å². The third-order valence-electron chi connectivity index (χ3n) is 7.19. The Morgan fingerprint density at radius 1 is 0.513 bits per heavy atom. The van der Waals surface area contributed by atoms with E-state index in [-0.39, 0.29) is 5.82 Å². The van der Waals surface area contributed by atoms with E-state index < -0.39 is 0 Å². The Morgan fingerprint density at radius 3 is 1.28 bits per heavy atom. The van der Waals surface area contributed by atoms with Crippen molar-refractivity contribution in [2.45, 2.75) is 34.6 Å². The van der Waals surface area contributed by atoms with Crippen LogP contribution in [0.3, 0.4) is 0 Å². The van der Waals surface area contributed by atoms with Gasteiger partial charge in [0.15, 0.2) is 0 Å². The average molecular weight is 513 g/mol. The van der Waals surface area contributed by atoms with Crippen LogP contribution in [0.25, 0.3) is 0 Å². The molecule has 0 unspecified atom stereocenters. The number of hydrogen-bond donors (Lipinski definition) is 0. The number of halogens is 1. The lowest BCUT2D eigenvalue weighted by atomic mass is 10.0. The lowest BCUT2D eigenvalue weighted by Gasteiger charge is -2.26. The first-order valence-electron chi connectivity index (χ1n) is 13.4. The Morgan fingerprint density at radius 2 is 0.872 bits per heavy atom. The topological polar surface area (TPSA) is 6.48 Å². The zero-order chi connectivity index (χ0) is 27.5. The molecule has 1 aliphatic rings. The smallest absolute Gasteiger partial charge is 0.123 e. The lowest BCUT2D eigenvalue weighted by molar-refractivity contribution is 0.627. The summed E-state index contributed by atoms with van der Waals surface area (Å²) in [4.78, 5) is 4.94. The largest absolute Gasteiger partial charge is 0.352 e. The Kier molecular flexibility index (Phi) is 7.44. The van der Waals surface area contributed by atoms with Crippen molar-refractivity contribution in [3.8, 4) is 23.7 Å². The van der Waals surface area contributed by atoms with Crippen LogP contribution in [0, 0.1) is 64.1 Å². The average Bonchev–Trinajstić information content (AvgIpc) is 3.36. The van der Waals surface area contributed by atoms with Crippen LogP contribution in [0.1, 0.15) is 50.1 Å². The summed E-state index contributed by atoms with van der Waals surface area (Å²) in [6.07, 6.45) is 0. The summed E-state index contributed by atoms with van der Waals surface area (Å²) in [6.45, 7) is 13.6. The highest BCUT2D eigenvalue weighted by Crippen LogP contribution is 2.33. The van der Waals surface area contributed by atoms with E-state index in [0.29, 0.717) is 0 Å². The van der Waals surface area contributed by atoms with Crippen LogP contribution in [-0.2, 0) is 0 Å². The second-order valence-corrected chi connectivity index (χ2v) is 10.5. The summed E-state index contributed by atoms with van der Waals surface area (Å²) in [7, 11) is 0. The van der Waals surface area contributed by atoms with Crippen molar-refractivity contribution in [1.29, 1.82) is 0 Å². The molecule has 1 saturated heterocycles. The number of benzene rings is 4. The summed E-state index contributed by atoms with van der Waals surface area (Å²) in [5, 5.41) is 0. The maximum atomic E-state index is 13.2. The van der Waals surface area contributed by atoms with E-state index in [0.717, 1.165) is 42.0 Å². The molecule has 0 amide bonds. The van der Waals surface area contributed by atoms with Gasteiger partial charge in [0.2, 0.25) is 0 Å². The second kappa shape index (κ2) is 11.1. The van der Waals surface area contributed by atoms with Crippen molar-refractivity contribution in [2.75, 3.05) is 29.6 Å². The van der Waals surface area contributed by atoms with E-state index in [9.17, 15) is 4.39 Å². The predicted molar refractivity (Wildman–Crippen MR) is 161 cm³/mol. The van der Waals surface area contributed by atoms with Gasteiger partial charge < -0.3 is 9.80 Å².